The van der Waals surface area contributed by atoms with Gasteiger partial charge in [-0.05, 0) is 64.2 Å². The maximum absolute atomic E-state index is 11.9. The van der Waals surface area contributed by atoms with E-state index in [1.807, 2.05) is 0 Å². The fourth-order valence-electron chi connectivity index (χ4n) is 4.91. The van der Waals surface area contributed by atoms with Crippen molar-refractivity contribution in [3.8, 4) is 0 Å². The Bertz CT molecular complexity index is 739. The zero-order valence-electron chi connectivity index (χ0n) is 29.2. The van der Waals surface area contributed by atoms with E-state index in [9.17, 15) is 9.59 Å². The molecule has 0 radical (unpaired) electrons. The third kappa shape index (κ3) is 52.3. The normalized spacial score (nSPS) is 11.4. The highest BCUT2D eigenvalue weighted by Crippen LogP contribution is 2.12. The lowest BCUT2D eigenvalue weighted by Crippen LogP contribution is -2.11. The summed E-state index contributed by atoms with van der Waals surface area (Å²) in [4.78, 5) is 23.8. The number of allylic oxidation sites excluding steroid dienone is 4. The lowest BCUT2D eigenvalue weighted by atomic mass is 10.1. The molecule has 0 heterocycles. The van der Waals surface area contributed by atoms with Crippen LogP contribution >= 0.6 is 0 Å². The van der Waals surface area contributed by atoms with Crippen LogP contribution in [0.15, 0.2) is 24.3 Å². The molecule has 8 nitrogen and oxygen atoms in total. The number of rotatable bonds is 30. The van der Waals surface area contributed by atoms with Crippen molar-refractivity contribution in [2.24, 2.45) is 0 Å². The van der Waals surface area contributed by atoms with Crippen LogP contribution in [0, 0.1) is 0 Å². The molecule has 0 unspecified atom stereocenters. The second-order valence-corrected chi connectivity index (χ2v) is 12.9. The van der Waals surface area contributed by atoms with Gasteiger partial charge in [0.1, 0.15) is 0 Å². The molecule has 5 N–H and O–H groups in total. The predicted octanol–water partition coefficient (Wildman–Crippen LogP) is 11.6. The lowest BCUT2D eigenvalue weighted by Gasteiger charge is -2.04. The molecule has 0 aromatic heterocycles. The predicted molar refractivity (Wildman–Crippen MR) is 189 cm³/mol. The highest BCUT2D eigenvalue weighted by atomic mass is 32.3. The number of carbonyl (C=O) groups excluding carboxylic acids is 2. The fourth-order valence-corrected chi connectivity index (χ4v) is 4.91. The van der Waals surface area contributed by atoms with Crippen LogP contribution in [0.25, 0.3) is 0 Å². The van der Waals surface area contributed by atoms with Gasteiger partial charge in [-0.1, -0.05) is 141 Å². The molecule has 268 valence electrons. The van der Waals surface area contributed by atoms with Gasteiger partial charge in [0.25, 0.3) is 0 Å². The molecule has 0 aromatic rings. The van der Waals surface area contributed by atoms with Crippen LogP contribution < -0.4 is 6.15 Å². The molecule has 0 rings (SSSR count). The summed E-state index contributed by atoms with van der Waals surface area (Å²) in [6.45, 7) is 4.53. The summed E-state index contributed by atoms with van der Waals surface area (Å²) in [5.74, 6) is -0.684. The highest BCUT2D eigenvalue weighted by Gasteiger charge is 2.09. The second-order valence-electron chi connectivity index (χ2n) is 12.0. The highest BCUT2D eigenvalue weighted by molar-refractivity contribution is 7.79. The standard InChI is InChI=1S/C36H66O3.H3N.H2O4S/c1-3-5-7-9-11-13-15-17-19-21-23-25-27-29-31-33-35(37)39-36(38)34-32-30-28-26-24-22-20-18-16-14-12-10-8-6-4-2;;1-5(2,3)4/h17-20H,3-16,21-34H2,1-2H3;1H3;(H2,1,2,3,4)/b19-17-,20-18?;;. The molecule has 0 aliphatic carbocycles. The molecule has 45 heavy (non-hydrogen) atoms. The minimum atomic E-state index is -4.67. The van der Waals surface area contributed by atoms with Gasteiger partial charge in [-0.15, -0.1) is 0 Å². The first-order chi connectivity index (χ1) is 21.2. The van der Waals surface area contributed by atoms with E-state index in [0.29, 0.717) is 12.8 Å². The van der Waals surface area contributed by atoms with E-state index in [0.717, 1.165) is 38.5 Å². The smallest absolute Gasteiger partial charge is 0.393 e. The summed E-state index contributed by atoms with van der Waals surface area (Å²) >= 11 is 0. The van der Waals surface area contributed by atoms with Gasteiger partial charge in [0.05, 0.1) is 0 Å². The Kier molecular flexibility index (Phi) is 41.1. The number of hydrogen-bond acceptors (Lipinski definition) is 6. The van der Waals surface area contributed by atoms with E-state index >= 15 is 0 Å². The Balaban J connectivity index is -0.00000270. The topological polar surface area (TPSA) is 153 Å². The van der Waals surface area contributed by atoms with Gasteiger partial charge >= 0.3 is 22.3 Å². The third-order valence-electron chi connectivity index (χ3n) is 7.51. The molecular weight excluding hydrogens is 590 g/mol. The molecule has 0 atom stereocenters. The maximum Gasteiger partial charge on any atom is 0.394 e. The van der Waals surface area contributed by atoms with Crippen LogP contribution in [0.3, 0.4) is 0 Å². The van der Waals surface area contributed by atoms with Gasteiger partial charge in [0.15, 0.2) is 0 Å². The van der Waals surface area contributed by atoms with Crippen molar-refractivity contribution in [3.05, 3.63) is 24.3 Å². The quantitative estimate of drug-likeness (QED) is 0.0226. The van der Waals surface area contributed by atoms with Crippen molar-refractivity contribution in [3.63, 3.8) is 0 Å². The fraction of sp³-hybridized carbons (Fsp3) is 0.833. The Labute approximate surface area is 277 Å². The van der Waals surface area contributed by atoms with Gasteiger partial charge in [0, 0.05) is 12.8 Å². The van der Waals surface area contributed by atoms with Crippen molar-refractivity contribution in [2.45, 2.75) is 194 Å². The summed E-state index contributed by atoms with van der Waals surface area (Å²) in [7, 11) is -4.67. The zero-order chi connectivity index (χ0) is 33.0. The van der Waals surface area contributed by atoms with Crippen LogP contribution in [0.2, 0.25) is 0 Å². The molecule has 9 heteroatoms. The number of ether oxygens (including phenoxy) is 1. The van der Waals surface area contributed by atoms with Crippen LogP contribution in [-0.2, 0) is 24.7 Å². The summed E-state index contributed by atoms with van der Waals surface area (Å²) in [5, 5.41) is 0. The first-order valence-electron chi connectivity index (χ1n) is 17.9. The molecule has 0 aromatic carbocycles. The minimum absolute atomic E-state index is 0. The second kappa shape index (κ2) is 38.6. The third-order valence-corrected chi connectivity index (χ3v) is 7.51. The average Bonchev–Trinajstić information content (AvgIpc) is 2.96. The van der Waals surface area contributed by atoms with Crippen molar-refractivity contribution >= 4 is 22.3 Å². The minimum Gasteiger partial charge on any atom is -0.393 e. The van der Waals surface area contributed by atoms with Gasteiger partial charge in [-0.3, -0.25) is 18.7 Å². The lowest BCUT2D eigenvalue weighted by molar-refractivity contribution is -0.159. The van der Waals surface area contributed by atoms with Crippen LogP contribution in [-0.4, -0.2) is 29.5 Å². The summed E-state index contributed by atoms with van der Waals surface area (Å²) in [5.41, 5.74) is 0. The Morgan fingerprint density at radius 2 is 0.689 bits per heavy atom. The Hall–Kier alpha value is -1.55. The van der Waals surface area contributed by atoms with E-state index in [1.165, 1.54) is 128 Å². The van der Waals surface area contributed by atoms with E-state index in [1.54, 1.807) is 0 Å². The molecule has 0 spiro atoms. The summed E-state index contributed by atoms with van der Waals surface area (Å²) in [6, 6.07) is 0. The molecule has 0 saturated heterocycles. The van der Waals surface area contributed by atoms with Crippen LogP contribution in [0.4, 0.5) is 0 Å². The van der Waals surface area contributed by atoms with Crippen molar-refractivity contribution in [2.75, 3.05) is 0 Å². The number of esters is 2. The number of hydrogen-bond donors (Lipinski definition) is 3. The zero-order valence-corrected chi connectivity index (χ0v) is 30.0. The molecule has 0 bridgehead atoms. The van der Waals surface area contributed by atoms with E-state index in [4.69, 9.17) is 22.3 Å². The first-order valence-corrected chi connectivity index (χ1v) is 19.3. The monoisotopic (exact) mass is 661 g/mol. The van der Waals surface area contributed by atoms with E-state index < -0.39 is 10.4 Å². The molecule has 0 amide bonds. The maximum atomic E-state index is 11.9. The van der Waals surface area contributed by atoms with Crippen LogP contribution in [0.5, 0.6) is 0 Å². The molecule has 0 saturated carbocycles. The van der Waals surface area contributed by atoms with Crippen molar-refractivity contribution < 1.29 is 31.8 Å². The van der Waals surface area contributed by atoms with Gasteiger partial charge < -0.3 is 10.9 Å². The van der Waals surface area contributed by atoms with Crippen molar-refractivity contribution in [1.29, 1.82) is 0 Å². The molecular formula is C36H71NO7S. The van der Waals surface area contributed by atoms with Crippen LogP contribution in [0.1, 0.15) is 194 Å². The van der Waals surface area contributed by atoms with Gasteiger partial charge in [0.2, 0.25) is 0 Å². The largest absolute Gasteiger partial charge is 0.394 e. The molecule has 0 aliphatic rings. The van der Waals surface area contributed by atoms with Gasteiger partial charge in [-0.25, -0.2) is 0 Å². The average molecular weight is 662 g/mol. The van der Waals surface area contributed by atoms with Crippen molar-refractivity contribution in [1.82, 2.24) is 6.15 Å². The number of carbonyl (C=O) groups is 2. The first kappa shape index (κ1) is 47.9. The summed E-state index contributed by atoms with van der Waals surface area (Å²) in [6.07, 6.45) is 42.2. The molecule has 0 aliphatic heterocycles. The molecule has 0 fully saturated rings. The Morgan fingerprint density at radius 1 is 0.467 bits per heavy atom. The van der Waals surface area contributed by atoms with E-state index in [2.05, 4.69) is 38.2 Å². The Morgan fingerprint density at radius 3 is 0.956 bits per heavy atom. The van der Waals surface area contributed by atoms with Gasteiger partial charge in [-0.2, -0.15) is 8.42 Å². The SMILES string of the molecule is CCCCCCCCC=CCCCCCCCC(=O)OC(=O)CCCCCCC/C=C\CCCCCCCC.N.O=S(=O)(O)O. The number of unbranched alkanes of at least 4 members (excludes halogenated alkanes) is 22. The van der Waals surface area contributed by atoms with E-state index in [-0.39, 0.29) is 18.1 Å². The summed E-state index contributed by atoms with van der Waals surface area (Å²) < 4.78 is 36.6.